The van der Waals surface area contributed by atoms with Crippen LogP contribution < -0.4 is 24.5 Å². The van der Waals surface area contributed by atoms with Crippen molar-refractivity contribution in [2.45, 2.75) is 28.2 Å². The largest absolute Gasteiger partial charge is 0.310 e. The smallest absolute Gasteiger partial charge is 0.0541 e. The molecule has 0 spiro atoms. The fourth-order valence-electron chi connectivity index (χ4n) is 17.4. The Morgan fingerprint density at radius 2 is 0.292 bits per heavy atom. The summed E-state index contributed by atoms with van der Waals surface area (Å²) in [7, 11) is 0. The predicted molar refractivity (Wildman–Crippen MR) is 510 cm³/mol. The van der Waals surface area contributed by atoms with Gasteiger partial charge in [-0.3, -0.25) is 0 Å². The Labute approximate surface area is 701 Å². The molecule has 0 unspecified atom stereocenters. The number of fused-ring (bicyclic) bond motifs is 9. The molecule has 0 bridgehead atoms. The number of hydrogen-bond acceptors (Lipinski definition) is 5. The van der Waals surface area contributed by atoms with Crippen LogP contribution in [0.2, 0.25) is 0 Å². The van der Waals surface area contributed by atoms with E-state index in [1.54, 1.807) is 0 Å². The summed E-state index contributed by atoms with van der Waals surface area (Å²) in [5.74, 6) is 0. The number of nitrogens with zero attached hydrogens (tertiary/aromatic N) is 8. The molecule has 0 radical (unpaired) electrons. The first-order valence-corrected chi connectivity index (χ1v) is 40.7. The monoisotopic (exact) mass is 1540 g/mol. The minimum absolute atomic E-state index is 0. The van der Waals surface area contributed by atoms with Crippen LogP contribution in [0.4, 0.5) is 85.3 Å². The second-order valence-electron chi connectivity index (χ2n) is 30.4. The summed E-state index contributed by atoms with van der Waals surface area (Å²) in [5, 5.41) is 7.56. The Hall–Kier alpha value is -15.6. The number of hydrogen-bond donors (Lipinski definition) is 0. The number of aromatic nitrogens is 3. The van der Waals surface area contributed by atoms with E-state index < -0.39 is 0 Å². The number of para-hydroxylation sites is 9. The number of aryl methyl sites for hydroxylation is 3. The molecule has 21 rings (SSSR count). The molecule has 0 aliphatic heterocycles. The molecule has 0 aliphatic carbocycles. The third kappa shape index (κ3) is 14.2. The molecule has 120 heavy (non-hydrogen) atoms. The van der Waals surface area contributed by atoms with Crippen molar-refractivity contribution in [2.75, 3.05) is 24.5 Å². The SMILES string of the molecule is C.Cc1cccc(N(c2ccccc2)c2ccc(N(c3ccc(N(c4ccccc4)c4cccc(C)c4)cc3)c3ccc(N(c4ccccc4)c4cccc(C)c4)cc3)cc2)c1.c1ccc2c(c1)c1ccccc1n2-c1ccc(N(c2ccc(-n3c4ccccc4c4ccccc43)cc2)c2ccc(-n3c4ccccc4c4ccccc43)cc2)cc1. The topological polar surface area (TPSA) is 31.0 Å². The lowest BCUT2D eigenvalue weighted by Gasteiger charge is -2.30. The number of rotatable bonds is 18. The van der Waals surface area contributed by atoms with Crippen molar-refractivity contribution >= 4 is 151 Å². The lowest BCUT2D eigenvalue weighted by Crippen LogP contribution is -2.14. The van der Waals surface area contributed by atoms with Gasteiger partial charge in [0.2, 0.25) is 0 Å². The van der Waals surface area contributed by atoms with Gasteiger partial charge in [0.15, 0.2) is 0 Å². The van der Waals surface area contributed by atoms with Crippen LogP contribution in [0.1, 0.15) is 24.1 Å². The van der Waals surface area contributed by atoms with E-state index in [0.717, 1.165) is 102 Å². The lowest BCUT2D eigenvalue weighted by molar-refractivity contribution is 1.16. The van der Waals surface area contributed by atoms with Crippen molar-refractivity contribution in [2.24, 2.45) is 0 Å². The average Bonchev–Trinajstić information content (AvgIpc) is 1.56. The van der Waals surface area contributed by atoms with E-state index >= 15 is 0 Å². The second-order valence-corrected chi connectivity index (χ2v) is 30.4. The van der Waals surface area contributed by atoms with Gasteiger partial charge in [0.1, 0.15) is 0 Å². The molecule has 8 nitrogen and oxygen atoms in total. The fourth-order valence-corrected chi connectivity index (χ4v) is 17.4. The van der Waals surface area contributed by atoms with Gasteiger partial charge in [-0.2, -0.15) is 0 Å². The van der Waals surface area contributed by atoms with Gasteiger partial charge in [0.25, 0.3) is 0 Å². The van der Waals surface area contributed by atoms with E-state index in [4.69, 9.17) is 0 Å². The summed E-state index contributed by atoms with van der Waals surface area (Å²) in [5.41, 5.74) is 30.6. The summed E-state index contributed by atoms with van der Waals surface area (Å²) >= 11 is 0. The first-order valence-electron chi connectivity index (χ1n) is 40.7. The van der Waals surface area contributed by atoms with E-state index in [9.17, 15) is 0 Å². The van der Waals surface area contributed by atoms with E-state index in [2.05, 4.69) is 514 Å². The molecule has 18 aromatic carbocycles. The molecule has 8 heteroatoms. The quantitative estimate of drug-likeness (QED) is 0.0855. The highest BCUT2D eigenvalue weighted by Gasteiger charge is 2.23. The maximum atomic E-state index is 2.37. The van der Waals surface area contributed by atoms with Gasteiger partial charge in [0.05, 0.1) is 33.1 Å². The van der Waals surface area contributed by atoms with E-state index in [1.165, 1.54) is 82.1 Å². The summed E-state index contributed by atoms with van der Waals surface area (Å²) in [6.07, 6.45) is 0. The average molecular weight is 1550 g/mol. The molecule has 3 heterocycles. The third-order valence-electron chi connectivity index (χ3n) is 22.8. The van der Waals surface area contributed by atoms with Crippen LogP contribution in [-0.2, 0) is 0 Å². The summed E-state index contributed by atoms with van der Waals surface area (Å²) < 4.78 is 7.12. The Kier molecular flexibility index (Phi) is 20.2. The number of benzene rings is 18. The number of anilines is 15. The molecular formula is C112H88N8. The fraction of sp³-hybridized carbons (Fsp3) is 0.0357. The standard InChI is InChI=1S/C57H48N4.C54H36N4.CH4/c1-43-16-13-25-55(40-43)59(46-19-7-4-8-20-46)52-34-28-49(29-35-52)58(50-30-36-53(37-31-50)60(47-21-9-5-10-22-47)56-26-14-17-44(2)41-56)51-32-38-54(39-33-51)61(48-23-11-6-12-24-48)57-27-15-18-45(3)42-57;1-7-19-49-43(13-1)44-14-2-8-20-50(44)56(49)40-31-25-37(26-32-40)55(38-27-33-41(34-28-38)57-51-21-9-3-15-45(51)46-16-4-10-22-52(46)57)39-29-35-42(36-30-39)58-53-23-11-5-17-47(53)48-18-6-12-24-54(48)58;/h4-42H,1-3H3;1-36H;1H4. The van der Waals surface area contributed by atoms with E-state index in [0.29, 0.717) is 0 Å². The van der Waals surface area contributed by atoms with Crippen LogP contribution in [0.25, 0.3) is 82.5 Å². The van der Waals surface area contributed by atoms with Crippen molar-refractivity contribution in [3.63, 3.8) is 0 Å². The van der Waals surface area contributed by atoms with Gasteiger partial charge in [-0.1, -0.05) is 208 Å². The maximum Gasteiger partial charge on any atom is 0.0541 e. The molecule has 0 amide bonds. The van der Waals surface area contributed by atoms with Crippen molar-refractivity contribution in [1.82, 2.24) is 13.7 Å². The molecule has 0 N–H and O–H groups in total. The third-order valence-corrected chi connectivity index (χ3v) is 22.8. The summed E-state index contributed by atoms with van der Waals surface area (Å²) in [4.78, 5) is 11.7. The molecule has 0 saturated carbocycles. The van der Waals surface area contributed by atoms with Crippen LogP contribution in [-0.4, -0.2) is 13.7 Å². The Morgan fingerprint density at radius 1 is 0.142 bits per heavy atom. The highest BCUT2D eigenvalue weighted by Crippen LogP contribution is 2.46. The van der Waals surface area contributed by atoms with Crippen LogP contribution >= 0.6 is 0 Å². The Morgan fingerprint density at radius 3 is 0.483 bits per heavy atom. The Bertz CT molecular complexity index is 6330. The molecule has 0 atom stereocenters. The molecule has 0 fully saturated rings. The zero-order valence-corrected chi connectivity index (χ0v) is 66.4. The summed E-state index contributed by atoms with van der Waals surface area (Å²) in [6.45, 7) is 6.43. The van der Waals surface area contributed by atoms with Crippen molar-refractivity contribution in [1.29, 1.82) is 0 Å². The summed E-state index contributed by atoms with van der Waals surface area (Å²) in [6, 6.07) is 164. The van der Waals surface area contributed by atoms with Gasteiger partial charge in [0, 0.05) is 135 Å². The zero-order valence-electron chi connectivity index (χ0n) is 66.4. The minimum Gasteiger partial charge on any atom is -0.310 e. The first kappa shape index (κ1) is 74.5. The minimum atomic E-state index is 0. The predicted octanol–water partition coefficient (Wildman–Crippen LogP) is 31.6. The van der Waals surface area contributed by atoms with Gasteiger partial charge >= 0.3 is 0 Å². The van der Waals surface area contributed by atoms with Crippen molar-refractivity contribution in [3.8, 4) is 17.1 Å². The van der Waals surface area contributed by atoms with Gasteiger partial charge < -0.3 is 38.2 Å². The van der Waals surface area contributed by atoms with E-state index in [1.807, 2.05) is 0 Å². The van der Waals surface area contributed by atoms with E-state index in [-0.39, 0.29) is 7.43 Å². The van der Waals surface area contributed by atoms with Crippen molar-refractivity contribution in [3.05, 3.63) is 472 Å². The second kappa shape index (κ2) is 32.6. The van der Waals surface area contributed by atoms with Crippen LogP contribution in [0.3, 0.4) is 0 Å². The van der Waals surface area contributed by atoms with Gasteiger partial charge in [-0.25, -0.2) is 0 Å². The Balaban J connectivity index is 0.000000157. The molecular weight excluding hydrogens is 1460 g/mol. The highest BCUT2D eigenvalue weighted by molar-refractivity contribution is 6.11. The first-order chi connectivity index (χ1) is 58.8. The highest BCUT2D eigenvalue weighted by atomic mass is 15.2. The molecule has 0 saturated heterocycles. The lowest BCUT2D eigenvalue weighted by atomic mass is 10.1. The van der Waals surface area contributed by atoms with Gasteiger partial charge in [-0.15, -0.1) is 0 Å². The van der Waals surface area contributed by atoms with Gasteiger partial charge in [-0.05, 0) is 292 Å². The molecule has 0 aliphatic rings. The molecule has 3 aromatic heterocycles. The van der Waals surface area contributed by atoms with Crippen LogP contribution in [0.5, 0.6) is 0 Å². The van der Waals surface area contributed by atoms with Crippen LogP contribution in [0, 0.1) is 20.8 Å². The van der Waals surface area contributed by atoms with Crippen molar-refractivity contribution < 1.29 is 0 Å². The normalized spacial score (nSPS) is 11.2. The molecule has 21 aromatic rings. The maximum absolute atomic E-state index is 2.37. The molecule has 576 valence electrons. The zero-order chi connectivity index (χ0) is 79.7. The van der Waals surface area contributed by atoms with Crippen LogP contribution in [0.15, 0.2) is 455 Å².